The third kappa shape index (κ3) is 10.0. The number of Topliss-reactive ketones (excluding diaryl/α,β-unsaturated/α-hetero) is 2. The van der Waals surface area contributed by atoms with E-state index in [1.54, 1.807) is 0 Å². The Hall–Kier alpha value is -5.21. The molecule has 14 heteroatoms. The van der Waals surface area contributed by atoms with Crippen LogP contribution in [0, 0.1) is 17.7 Å². The van der Waals surface area contributed by atoms with E-state index >= 15 is 0 Å². The number of hydrogen-bond acceptors (Lipinski definition) is 7. The number of benzene rings is 3. The van der Waals surface area contributed by atoms with Crippen molar-refractivity contribution in [1.29, 1.82) is 0 Å². The third-order valence-corrected chi connectivity index (χ3v) is 9.21. The molecular formula is C39H41F4N5O5. The van der Waals surface area contributed by atoms with Crippen molar-refractivity contribution in [2.75, 3.05) is 11.9 Å². The van der Waals surface area contributed by atoms with Crippen molar-refractivity contribution < 1.29 is 41.5 Å². The van der Waals surface area contributed by atoms with E-state index in [-0.39, 0.29) is 43.2 Å². The molecule has 3 aromatic carbocycles. The molecule has 1 heterocycles. The van der Waals surface area contributed by atoms with Crippen LogP contribution >= 0.6 is 0 Å². The molecule has 280 valence electrons. The molecule has 0 radical (unpaired) electrons. The molecule has 4 aromatic rings. The highest BCUT2D eigenvalue weighted by atomic mass is 19.4. The number of amides is 2. The highest BCUT2D eigenvalue weighted by molar-refractivity contribution is 5.99. The zero-order chi connectivity index (χ0) is 38.3. The van der Waals surface area contributed by atoms with E-state index in [0.29, 0.717) is 18.4 Å². The minimum absolute atomic E-state index is 0.0831. The van der Waals surface area contributed by atoms with E-state index in [0.717, 1.165) is 18.0 Å². The average molecular weight is 736 g/mol. The fourth-order valence-electron chi connectivity index (χ4n) is 6.32. The lowest BCUT2D eigenvalue weighted by Gasteiger charge is -2.30. The minimum atomic E-state index is -4.78. The second-order valence-corrected chi connectivity index (χ2v) is 13.8. The highest BCUT2D eigenvalue weighted by Crippen LogP contribution is 2.40. The van der Waals surface area contributed by atoms with Gasteiger partial charge in [-0.1, -0.05) is 48.5 Å². The number of aromatic nitrogens is 2. The first kappa shape index (κ1) is 39.0. The number of ether oxygens (including phenoxy) is 1. The lowest BCUT2D eigenvalue weighted by Crippen LogP contribution is -2.56. The largest absolute Gasteiger partial charge is 0.416 e. The predicted octanol–water partition coefficient (Wildman–Crippen LogP) is 6.27. The SMILES string of the molecule is CC(C)(N)C(=O)NC(COCc1ccccc1)C(=O)Nc1cn(C(C(=O)C2CCC(C(=O)c3ccc(F)cc3)CC2)c2ccccc2C(F)(F)F)cn1. The molecular weight excluding hydrogens is 694 g/mol. The number of anilines is 1. The van der Waals surface area contributed by atoms with E-state index in [1.165, 1.54) is 67.1 Å². The summed E-state index contributed by atoms with van der Waals surface area (Å²) in [6.07, 6.45) is -1.21. The summed E-state index contributed by atoms with van der Waals surface area (Å²) >= 11 is 0. The zero-order valence-electron chi connectivity index (χ0n) is 29.2. The first-order valence-electron chi connectivity index (χ1n) is 17.2. The molecule has 2 amide bonds. The second kappa shape index (κ2) is 16.6. The van der Waals surface area contributed by atoms with Crippen LogP contribution in [0.5, 0.6) is 0 Å². The molecule has 1 fully saturated rings. The van der Waals surface area contributed by atoms with Crippen LogP contribution in [0.15, 0.2) is 91.4 Å². The number of hydrogen-bond donors (Lipinski definition) is 3. The Bertz CT molecular complexity index is 1900. The predicted molar refractivity (Wildman–Crippen MR) is 188 cm³/mol. The maximum atomic E-state index is 14.3. The summed E-state index contributed by atoms with van der Waals surface area (Å²) in [7, 11) is 0. The summed E-state index contributed by atoms with van der Waals surface area (Å²) < 4.78 is 63.3. The normalized spacial score (nSPS) is 17.4. The van der Waals surface area contributed by atoms with Gasteiger partial charge in [0.25, 0.3) is 5.91 Å². The van der Waals surface area contributed by atoms with Crippen molar-refractivity contribution in [3.8, 4) is 0 Å². The van der Waals surface area contributed by atoms with Gasteiger partial charge in [0.1, 0.15) is 17.9 Å². The fourth-order valence-corrected chi connectivity index (χ4v) is 6.32. The summed E-state index contributed by atoms with van der Waals surface area (Å²) in [5, 5.41) is 5.15. The summed E-state index contributed by atoms with van der Waals surface area (Å²) in [6.45, 7) is 2.84. The fraction of sp³-hybridized carbons (Fsp3) is 0.359. The van der Waals surface area contributed by atoms with Gasteiger partial charge < -0.3 is 25.7 Å². The number of carbonyl (C=O) groups excluding carboxylic acids is 4. The van der Waals surface area contributed by atoms with Crippen LogP contribution in [0.2, 0.25) is 0 Å². The number of nitrogens with one attached hydrogen (secondary N) is 2. The molecule has 0 aliphatic heterocycles. The summed E-state index contributed by atoms with van der Waals surface area (Å²) in [6, 6.07) is 16.4. The maximum absolute atomic E-state index is 14.3. The molecule has 1 aromatic heterocycles. The molecule has 1 saturated carbocycles. The molecule has 0 bridgehead atoms. The Kier molecular flexibility index (Phi) is 12.2. The van der Waals surface area contributed by atoms with Crippen LogP contribution in [-0.2, 0) is 31.9 Å². The Morgan fingerprint density at radius 3 is 2.17 bits per heavy atom. The first-order valence-corrected chi connectivity index (χ1v) is 17.2. The molecule has 0 spiro atoms. The Balaban J connectivity index is 1.36. The molecule has 53 heavy (non-hydrogen) atoms. The van der Waals surface area contributed by atoms with E-state index in [2.05, 4.69) is 15.6 Å². The summed E-state index contributed by atoms with van der Waals surface area (Å²) in [5.74, 6) is -3.71. The van der Waals surface area contributed by atoms with Gasteiger partial charge in [-0.25, -0.2) is 9.37 Å². The standard InChI is InChI=1S/C39H41F4N5O5/c1-38(2,44)37(52)46-31(22-53-21-24-8-4-3-5-9-24)36(51)47-32-20-48(23-45-32)33(29-10-6-7-11-30(29)39(41,42)43)35(50)27-14-12-25(13-15-27)34(49)26-16-18-28(40)19-17-26/h3-11,16-20,23,25,27,31,33H,12-15,21-22,44H2,1-2H3,(H,46,52)(H,47,51). The van der Waals surface area contributed by atoms with Gasteiger partial charge in [0.15, 0.2) is 17.4 Å². The van der Waals surface area contributed by atoms with Gasteiger partial charge in [-0.15, -0.1) is 0 Å². The van der Waals surface area contributed by atoms with E-state index in [9.17, 15) is 36.7 Å². The van der Waals surface area contributed by atoms with Gasteiger partial charge in [-0.2, -0.15) is 13.2 Å². The minimum Gasteiger partial charge on any atom is -0.374 e. The molecule has 2 atom stereocenters. The number of alkyl halides is 3. The number of rotatable bonds is 14. The van der Waals surface area contributed by atoms with Gasteiger partial charge in [0.2, 0.25) is 5.91 Å². The smallest absolute Gasteiger partial charge is 0.374 e. The first-order chi connectivity index (χ1) is 25.1. The van der Waals surface area contributed by atoms with Crippen molar-refractivity contribution in [1.82, 2.24) is 14.9 Å². The van der Waals surface area contributed by atoms with Gasteiger partial charge in [0.05, 0.1) is 30.6 Å². The lowest BCUT2D eigenvalue weighted by atomic mass is 9.75. The van der Waals surface area contributed by atoms with Crippen molar-refractivity contribution in [3.63, 3.8) is 0 Å². The van der Waals surface area contributed by atoms with Crippen molar-refractivity contribution >= 4 is 29.2 Å². The molecule has 4 N–H and O–H groups in total. The van der Waals surface area contributed by atoms with Crippen LogP contribution in [0.1, 0.15) is 72.6 Å². The van der Waals surface area contributed by atoms with Crippen LogP contribution in [-0.4, -0.2) is 51.1 Å². The summed E-state index contributed by atoms with van der Waals surface area (Å²) in [4.78, 5) is 57.7. The van der Waals surface area contributed by atoms with Crippen molar-refractivity contribution in [2.45, 2.75) is 69.9 Å². The van der Waals surface area contributed by atoms with Crippen LogP contribution in [0.4, 0.5) is 23.4 Å². The molecule has 1 aliphatic rings. The molecule has 5 rings (SSSR count). The monoisotopic (exact) mass is 735 g/mol. The summed E-state index contributed by atoms with van der Waals surface area (Å²) in [5.41, 5.74) is 4.49. The topological polar surface area (TPSA) is 145 Å². The Labute approximate surface area is 304 Å². The maximum Gasteiger partial charge on any atom is 0.416 e. The van der Waals surface area contributed by atoms with E-state index in [1.807, 2.05) is 30.3 Å². The van der Waals surface area contributed by atoms with Crippen molar-refractivity contribution in [3.05, 3.63) is 119 Å². The van der Waals surface area contributed by atoms with Gasteiger partial charge in [0, 0.05) is 23.6 Å². The molecule has 1 aliphatic carbocycles. The number of carbonyl (C=O) groups is 4. The Morgan fingerprint density at radius 1 is 0.906 bits per heavy atom. The molecule has 2 unspecified atom stereocenters. The average Bonchev–Trinajstić information content (AvgIpc) is 3.58. The van der Waals surface area contributed by atoms with Gasteiger partial charge >= 0.3 is 6.18 Å². The van der Waals surface area contributed by atoms with E-state index in [4.69, 9.17) is 10.5 Å². The number of nitrogens with zero attached hydrogens (tertiary/aromatic N) is 2. The quantitative estimate of drug-likeness (QED) is 0.102. The van der Waals surface area contributed by atoms with E-state index < -0.39 is 64.6 Å². The van der Waals surface area contributed by atoms with Crippen LogP contribution in [0.3, 0.4) is 0 Å². The molecule has 0 saturated heterocycles. The number of ketones is 2. The third-order valence-electron chi connectivity index (χ3n) is 9.21. The zero-order valence-corrected chi connectivity index (χ0v) is 29.2. The molecule has 10 nitrogen and oxygen atoms in total. The Morgan fingerprint density at radius 2 is 1.53 bits per heavy atom. The lowest BCUT2D eigenvalue weighted by molar-refractivity contribution is -0.139. The number of imidazole rings is 1. The van der Waals surface area contributed by atoms with Gasteiger partial charge in [-0.05, 0) is 81.0 Å². The van der Waals surface area contributed by atoms with Crippen molar-refractivity contribution in [2.24, 2.45) is 17.6 Å². The van der Waals surface area contributed by atoms with Crippen LogP contribution < -0.4 is 16.4 Å². The second-order valence-electron chi connectivity index (χ2n) is 13.8. The number of halogens is 4. The number of nitrogens with two attached hydrogens (primary N) is 1. The van der Waals surface area contributed by atoms with Gasteiger partial charge in [-0.3, -0.25) is 19.2 Å². The van der Waals surface area contributed by atoms with Crippen LogP contribution in [0.25, 0.3) is 0 Å². The highest BCUT2D eigenvalue weighted by Gasteiger charge is 2.40.